The number of nitrogens with zero attached hydrogens (tertiary/aromatic N) is 1. The number of halogens is 1. The topological polar surface area (TPSA) is 49.4 Å². The summed E-state index contributed by atoms with van der Waals surface area (Å²) >= 11 is 0. The van der Waals surface area contributed by atoms with E-state index in [0.29, 0.717) is 5.69 Å². The maximum absolute atomic E-state index is 12.7. The number of carbonyl (C=O) groups is 2. The quantitative estimate of drug-likeness (QED) is 0.785. The molecule has 0 saturated carbocycles. The van der Waals surface area contributed by atoms with Crippen molar-refractivity contribution < 1.29 is 14.0 Å². The van der Waals surface area contributed by atoms with E-state index in [-0.39, 0.29) is 18.4 Å². The molecular weight excluding hydrogens is 211 g/mol. The van der Waals surface area contributed by atoms with Gasteiger partial charge in [0.25, 0.3) is 0 Å². The Balaban J connectivity index is 2.29. The second-order valence-electron chi connectivity index (χ2n) is 3.76. The van der Waals surface area contributed by atoms with Gasteiger partial charge in [-0.1, -0.05) is 0 Å². The molecule has 4 nitrogen and oxygen atoms in total. The lowest BCUT2D eigenvalue weighted by Gasteiger charge is -2.29. The number of rotatable bonds is 1. The Labute approximate surface area is 92.0 Å². The van der Waals surface area contributed by atoms with E-state index in [1.165, 1.54) is 24.3 Å². The van der Waals surface area contributed by atoms with Crippen LogP contribution in [0.1, 0.15) is 13.3 Å². The van der Waals surface area contributed by atoms with Crippen LogP contribution in [0, 0.1) is 5.82 Å². The number of hydrogen-bond acceptors (Lipinski definition) is 2. The molecule has 16 heavy (non-hydrogen) atoms. The van der Waals surface area contributed by atoms with Gasteiger partial charge < -0.3 is 5.32 Å². The fraction of sp³-hybridized carbons (Fsp3) is 0.273. The zero-order chi connectivity index (χ0) is 11.7. The standard InChI is InChI=1S/C11H11FN2O2/c1-7-6-10(15)14(11(16)13-7)9-4-2-8(12)3-5-9/h2-5,7H,6H2,1H3,(H,13,16). The third kappa shape index (κ3) is 1.88. The largest absolute Gasteiger partial charge is 0.334 e. The highest BCUT2D eigenvalue weighted by Gasteiger charge is 2.30. The number of anilines is 1. The van der Waals surface area contributed by atoms with E-state index in [1.54, 1.807) is 6.92 Å². The average Bonchev–Trinajstić information content (AvgIpc) is 2.19. The normalized spacial score (nSPS) is 20.9. The lowest BCUT2D eigenvalue weighted by molar-refractivity contribution is -0.118. The van der Waals surface area contributed by atoms with Crippen LogP contribution in [0.3, 0.4) is 0 Å². The summed E-state index contributed by atoms with van der Waals surface area (Å²) in [6, 6.07) is 4.63. The molecule has 1 aliphatic rings. The van der Waals surface area contributed by atoms with Gasteiger partial charge in [0.05, 0.1) is 5.69 Å². The molecule has 1 N–H and O–H groups in total. The molecule has 1 saturated heterocycles. The second kappa shape index (κ2) is 3.92. The Morgan fingerprint density at radius 2 is 1.94 bits per heavy atom. The van der Waals surface area contributed by atoms with E-state index < -0.39 is 11.8 Å². The minimum Gasteiger partial charge on any atom is -0.334 e. The van der Waals surface area contributed by atoms with E-state index in [1.807, 2.05) is 0 Å². The summed E-state index contributed by atoms with van der Waals surface area (Å²) in [6.07, 6.45) is 0.253. The van der Waals surface area contributed by atoms with Crippen molar-refractivity contribution in [3.8, 4) is 0 Å². The minimum atomic E-state index is -0.463. The van der Waals surface area contributed by atoms with Crippen molar-refractivity contribution in [2.75, 3.05) is 4.90 Å². The Bertz CT molecular complexity index is 412. The van der Waals surface area contributed by atoms with Crippen LogP contribution in [-0.4, -0.2) is 18.0 Å². The number of imide groups is 1. The van der Waals surface area contributed by atoms with Crippen molar-refractivity contribution in [2.24, 2.45) is 0 Å². The first-order valence-corrected chi connectivity index (χ1v) is 4.97. The molecule has 0 aromatic heterocycles. The van der Waals surface area contributed by atoms with Crippen LogP contribution in [0.2, 0.25) is 0 Å². The molecule has 0 bridgehead atoms. The molecule has 0 aliphatic carbocycles. The highest BCUT2D eigenvalue weighted by atomic mass is 19.1. The van der Waals surface area contributed by atoms with Crippen molar-refractivity contribution in [3.63, 3.8) is 0 Å². The Morgan fingerprint density at radius 3 is 2.50 bits per heavy atom. The maximum atomic E-state index is 12.7. The number of amides is 3. The van der Waals surface area contributed by atoms with Crippen LogP contribution >= 0.6 is 0 Å². The minimum absolute atomic E-state index is 0.156. The molecule has 5 heteroatoms. The predicted octanol–water partition coefficient (Wildman–Crippen LogP) is 1.66. The highest BCUT2D eigenvalue weighted by Crippen LogP contribution is 2.19. The number of urea groups is 1. The molecule has 3 amide bonds. The summed E-state index contributed by atoms with van der Waals surface area (Å²) in [6.45, 7) is 1.76. The van der Waals surface area contributed by atoms with Gasteiger partial charge in [0.1, 0.15) is 5.82 Å². The zero-order valence-electron chi connectivity index (χ0n) is 8.74. The number of benzene rings is 1. The van der Waals surface area contributed by atoms with Crippen LogP contribution in [0.5, 0.6) is 0 Å². The van der Waals surface area contributed by atoms with Gasteiger partial charge in [-0.3, -0.25) is 4.79 Å². The van der Waals surface area contributed by atoms with Crippen molar-refractivity contribution in [1.82, 2.24) is 5.32 Å². The summed E-state index contributed by atoms with van der Waals surface area (Å²) in [5.74, 6) is -0.676. The van der Waals surface area contributed by atoms with E-state index in [9.17, 15) is 14.0 Å². The second-order valence-corrected chi connectivity index (χ2v) is 3.76. The maximum Gasteiger partial charge on any atom is 0.328 e. The fourth-order valence-electron chi connectivity index (χ4n) is 1.64. The molecule has 1 atom stereocenters. The Hall–Kier alpha value is -1.91. The predicted molar refractivity (Wildman–Crippen MR) is 56.5 cm³/mol. The van der Waals surface area contributed by atoms with Crippen LogP contribution in [0.25, 0.3) is 0 Å². The molecule has 1 unspecified atom stereocenters. The van der Waals surface area contributed by atoms with Gasteiger partial charge in [-0.15, -0.1) is 0 Å². The molecular formula is C11H11FN2O2. The van der Waals surface area contributed by atoms with Gasteiger partial charge in [0.2, 0.25) is 5.91 Å². The lowest BCUT2D eigenvalue weighted by Crippen LogP contribution is -2.54. The molecule has 1 aromatic carbocycles. The van der Waals surface area contributed by atoms with E-state index >= 15 is 0 Å². The van der Waals surface area contributed by atoms with Crippen molar-refractivity contribution in [2.45, 2.75) is 19.4 Å². The molecule has 1 heterocycles. The number of nitrogens with one attached hydrogen (secondary N) is 1. The van der Waals surface area contributed by atoms with Gasteiger partial charge in [-0.05, 0) is 31.2 Å². The first-order chi connectivity index (χ1) is 7.58. The van der Waals surface area contributed by atoms with Crippen LogP contribution in [-0.2, 0) is 4.79 Å². The van der Waals surface area contributed by atoms with Crippen LogP contribution in [0.15, 0.2) is 24.3 Å². The van der Waals surface area contributed by atoms with Gasteiger partial charge in [-0.2, -0.15) is 0 Å². The molecule has 84 valence electrons. The van der Waals surface area contributed by atoms with E-state index in [4.69, 9.17) is 0 Å². The Morgan fingerprint density at radius 1 is 1.31 bits per heavy atom. The van der Waals surface area contributed by atoms with Crippen LogP contribution in [0.4, 0.5) is 14.9 Å². The first-order valence-electron chi connectivity index (χ1n) is 4.97. The van der Waals surface area contributed by atoms with Gasteiger partial charge in [0.15, 0.2) is 0 Å². The van der Waals surface area contributed by atoms with Crippen LogP contribution < -0.4 is 10.2 Å². The SMILES string of the molecule is CC1CC(=O)N(c2ccc(F)cc2)C(=O)N1. The summed E-state index contributed by atoms with van der Waals surface area (Å²) in [7, 11) is 0. The monoisotopic (exact) mass is 222 g/mol. The molecule has 1 aromatic rings. The van der Waals surface area contributed by atoms with Gasteiger partial charge in [-0.25, -0.2) is 14.1 Å². The third-order valence-corrected chi connectivity index (χ3v) is 2.39. The van der Waals surface area contributed by atoms with Crippen molar-refractivity contribution >= 4 is 17.6 Å². The molecule has 0 spiro atoms. The van der Waals surface area contributed by atoms with Crippen molar-refractivity contribution in [1.29, 1.82) is 0 Å². The number of carbonyl (C=O) groups excluding carboxylic acids is 2. The third-order valence-electron chi connectivity index (χ3n) is 2.39. The highest BCUT2D eigenvalue weighted by molar-refractivity contribution is 6.16. The fourth-order valence-corrected chi connectivity index (χ4v) is 1.64. The summed E-state index contributed by atoms with van der Waals surface area (Å²) in [4.78, 5) is 24.3. The van der Waals surface area contributed by atoms with Gasteiger partial charge in [0, 0.05) is 12.5 Å². The van der Waals surface area contributed by atoms with E-state index in [2.05, 4.69) is 5.32 Å². The Kier molecular flexibility index (Phi) is 2.60. The molecule has 1 aliphatic heterocycles. The first kappa shape index (κ1) is 10.6. The van der Waals surface area contributed by atoms with Crippen molar-refractivity contribution in [3.05, 3.63) is 30.1 Å². The summed E-state index contributed by atoms with van der Waals surface area (Å²) < 4.78 is 12.7. The smallest absolute Gasteiger partial charge is 0.328 e. The molecule has 1 fully saturated rings. The molecule has 0 radical (unpaired) electrons. The zero-order valence-corrected chi connectivity index (χ0v) is 8.74. The average molecular weight is 222 g/mol. The lowest BCUT2D eigenvalue weighted by atomic mass is 10.1. The van der Waals surface area contributed by atoms with E-state index in [0.717, 1.165) is 4.90 Å². The number of hydrogen-bond donors (Lipinski definition) is 1. The molecule has 2 rings (SSSR count). The van der Waals surface area contributed by atoms with Gasteiger partial charge >= 0.3 is 6.03 Å². The summed E-state index contributed by atoms with van der Waals surface area (Å²) in [5, 5.41) is 2.65. The summed E-state index contributed by atoms with van der Waals surface area (Å²) in [5.41, 5.74) is 0.385.